The first-order chi connectivity index (χ1) is 13.7. The van der Waals surface area contributed by atoms with Crippen molar-refractivity contribution < 1.29 is 14.3 Å². The zero-order valence-electron chi connectivity index (χ0n) is 15.8. The Morgan fingerprint density at radius 1 is 1.11 bits per heavy atom. The normalized spacial score (nSPS) is 19.6. The number of carbonyl (C=O) groups is 2. The Hall–Kier alpha value is -2.86. The molecule has 4 rings (SSSR count). The third-order valence-electron chi connectivity index (χ3n) is 5.19. The minimum Gasteiger partial charge on any atom is -0.492 e. The third-order valence-corrected chi connectivity index (χ3v) is 5.19. The van der Waals surface area contributed by atoms with E-state index >= 15 is 0 Å². The highest BCUT2D eigenvalue weighted by atomic mass is 16.5. The number of hydrogen-bond acceptors (Lipinski definition) is 4. The zero-order valence-corrected chi connectivity index (χ0v) is 15.8. The van der Waals surface area contributed by atoms with Gasteiger partial charge in [0.15, 0.2) is 0 Å². The summed E-state index contributed by atoms with van der Waals surface area (Å²) < 4.78 is 5.75. The van der Waals surface area contributed by atoms with Gasteiger partial charge in [-0.05, 0) is 11.6 Å². The molecule has 2 aliphatic rings. The van der Waals surface area contributed by atoms with Gasteiger partial charge in [0.25, 0.3) is 0 Å². The SMILES string of the molecule is O=C(CN1CCOc2ccccc2C1)NC1CC(=O)N(Cc2ccccc2)C1. The highest BCUT2D eigenvalue weighted by molar-refractivity contribution is 5.83. The molecule has 146 valence electrons. The molecule has 2 aromatic carbocycles. The average Bonchev–Trinajstić information content (AvgIpc) is 2.89. The van der Waals surface area contributed by atoms with Crippen LogP contribution in [0, 0.1) is 0 Å². The first kappa shape index (κ1) is 18.5. The lowest BCUT2D eigenvalue weighted by Crippen LogP contribution is -2.43. The van der Waals surface area contributed by atoms with E-state index in [0.717, 1.165) is 16.9 Å². The second kappa shape index (κ2) is 8.44. The number of fused-ring (bicyclic) bond motifs is 1. The van der Waals surface area contributed by atoms with Crippen molar-refractivity contribution in [3.8, 4) is 5.75 Å². The lowest BCUT2D eigenvalue weighted by Gasteiger charge is -2.21. The fourth-order valence-corrected chi connectivity index (χ4v) is 3.82. The van der Waals surface area contributed by atoms with Crippen LogP contribution in [-0.4, -0.2) is 53.9 Å². The summed E-state index contributed by atoms with van der Waals surface area (Å²) in [6.45, 7) is 3.41. The highest BCUT2D eigenvalue weighted by Gasteiger charge is 2.31. The molecular weight excluding hydrogens is 354 g/mol. The average molecular weight is 379 g/mol. The van der Waals surface area contributed by atoms with E-state index in [2.05, 4.69) is 10.2 Å². The number of nitrogens with zero attached hydrogens (tertiary/aromatic N) is 2. The number of nitrogens with one attached hydrogen (secondary N) is 1. The standard InChI is InChI=1S/C22H25N3O3/c26-21(16-24-10-11-28-20-9-5-4-8-18(20)14-24)23-19-12-22(27)25(15-19)13-17-6-2-1-3-7-17/h1-9,19H,10-16H2,(H,23,26). The minimum atomic E-state index is -0.126. The smallest absolute Gasteiger partial charge is 0.234 e. The maximum Gasteiger partial charge on any atom is 0.234 e. The second-order valence-corrected chi connectivity index (χ2v) is 7.40. The Morgan fingerprint density at radius 2 is 1.89 bits per heavy atom. The van der Waals surface area contributed by atoms with Gasteiger partial charge in [0.05, 0.1) is 12.6 Å². The number of ether oxygens (including phenoxy) is 1. The van der Waals surface area contributed by atoms with Crippen molar-refractivity contribution in [2.45, 2.75) is 25.6 Å². The number of amides is 2. The summed E-state index contributed by atoms with van der Waals surface area (Å²) in [6.07, 6.45) is 0.366. The van der Waals surface area contributed by atoms with Gasteiger partial charge >= 0.3 is 0 Å². The molecule has 0 radical (unpaired) electrons. The molecule has 28 heavy (non-hydrogen) atoms. The van der Waals surface area contributed by atoms with Crippen molar-refractivity contribution in [2.24, 2.45) is 0 Å². The van der Waals surface area contributed by atoms with E-state index in [1.807, 2.05) is 59.5 Å². The fourth-order valence-electron chi connectivity index (χ4n) is 3.82. The van der Waals surface area contributed by atoms with E-state index in [9.17, 15) is 9.59 Å². The van der Waals surface area contributed by atoms with Crippen LogP contribution in [0.3, 0.4) is 0 Å². The molecule has 2 aliphatic heterocycles. The summed E-state index contributed by atoms with van der Waals surface area (Å²) >= 11 is 0. The van der Waals surface area contributed by atoms with Crippen molar-refractivity contribution in [3.63, 3.8) is 0 Å². The predicted molar refractivity (Wildman–Crippen MR) is 106 cm³/mol. The third kappa shape index (κ3) is 4.51. The van der Waals surface area contributed by atoms with Crippen LogP contribution in [0.15, 0.2) is 54.6 Å². The van der Waals surface area contributed by atoms with E-state index in [-0.39, 0.29) is 17.9 Å². The van der Waals surface area contributed by atoms with Crippen LogP contribution in [0.4, 0.5) is 0 Å². The Bertz CT molecular complexity index is 840. The van der Waals surface area contributed by atoms with Crippen LogP contribution < -0.4 is 10.1 Å². The van der Waals surface area contributed by atoms with E-state index in [4.69, 9.17) is 4.74 Å². The van der Waals surface area contributed by atoms with Crippen LogP contribution in [0.1, 0.15) is 17.5 Å². The van der Waals surface area contributed by atoms with Gasteiger partial charge in [0.2, 0.25) is 11.8 Å². The van der Waals surface area contributed by atoms with Crippen molar-refractivity contribution in [2.75, 3.05) is 26.2 Å². The molecule has 6 heteroatoms. The Balaban J connectivity index is 1.29. The number of rotatable bonds is 5. The van der Waals surface area contributed by atoms with Gasteiger partial charge in [0.1, 0.15) is 12.4 Å². The van der Waals surface area contributed by atoms with Crippen LogP contribution in [-0.2, 0) is 22.7 Å². The van der Waals surface area contributed by atoms with E-state index in [1.54, 1.807) is 0 Å². The lowest BCUT2D eigenvalue weighted by atomic mass is 10.2. The summed E-state index contributed by atoms with van der Waals surface area (Å²) in [5.74, 6) is 0.938. The number of hydrogen-bond donors (Lipinski definition) is 1. The molecular formula is C22H25N3O3. The quantitative estimate of drug-likeness (QED) is 0.861. The maximum atomic E-state index is 12.5. The fraction of sp³-hybridized carbons (Fsp3) is 0.364. The summed E-state index contributed by atoms with van der Waals surface area (Å²) in [5, 5.41) is 3.03. The predicted octanol–water partition coefficient (Wildman–Crippen LogP) is 1.80. The van der Waals surface area contributed by atoms with Gasteiger partial charge in [-0.3, -0.25) is 14.5 Å². The molecule has 2 aromatic rings. The Morgan fingerprint density at radius 3 is 2.75 bits per heavy atom. The molecule has 0 spiro atoms. The summed E-state index contributed by atoms with van der Waals surface area (Å²) in [4.78, 5) is 28.7. The first-order valence-electron chi connectivity index (χ1n) is 9.71. The van der Waals surface area contributed by atoms with Crippen molar-refractivity contribution in [1.29, 1.82) is 0 Å². The van der Waals surface area contributed by atoms with Gasteiger partial charge in [-0.2, -0.15) is 0 Å². The Kier molecular flexibility index (Phi) is 5.58. The minimum absolute atomic E-state index is 0.0428. The molecule has 0 aromatic heterocycles. The van der Waals surface area contributed by atoms with Crippen molar-refractivity contribution >= 4 is 11.8 Å². The molecule has 0 saturated carbocycles. The van der Waals surface area contributed by atoms with Crippen LogP contribution >= 0.6 is 0 Å². The van der Waals surface area contributed by atoms with Crippen LogP contribution in [0.2, 0.25) is 0 Å². The molecule has 6 nitrogen and oxygen atoms in total. The summed E-state index contributed by atoms with van der Waals surface area (Å²) in [7, 11) is 0. The number of likely N-dealkylation sites (tertiary alicyclic amines) is 1. The molecule has 1 N–H and O–H groups in total. The monoisotopic (exact) mass is 379 g/mol. The molecule has 1 fully saturated rings. The van der Waals surface area contributed by atoms with Gasteiger partial charge in [0, 0.05) is 38.2 Å². The molecule has 1 atom stereocenters. The van der Waals surface area contributed by atoms with E-state index < -0.39 is 0 Å². The number of carbonyl (C=O) groups excluding carboxylic acids is 2. The van der Waals surface area contributed by atoms with Gasteiger partial charge in [-0.1, -0.05) is 48.5 Å². The van der Waals surface area contributed by atoms with Gasteiger partial charge in [-0.25, -0.2) is 0 Å². The van der Waals surface area contributed by atoms with Gasteiger partial charge < -0.3 is 15.0 Å². The molecule has 0 bridgehead atoms. The Labute approximate surface area is 165 Å². The number of benzene rings is 2. The molecule has 2 heterocycles. The highest BCUT2D eigenvalue weighted by Crippen LogP contribution is 2.22. The van der Waals surface area contributed by atoms with Crippen LogP contribution in [0.25, 0.3) is 0 Å². The molecule has 1 unspecified atom stereocenters. The molecule has 2 amide bonds. The van der Waals surface area contributed by atoms with Crippen molar-refractivity contribution in [3.05, 3.63) is 65.7 Å². The zero-order chi connectivity index (χ0) is 19.3. The van der Waals surface area contributed by atoms with E-state index in [0.29, 0.717) is 45.8 Å². The van der Waals surface area contributed by atoms with Gasteiger partial charge in [-0.15, -0.1) is 0 Å². The summed E-state index contributed by atoms with van der Waals surface area (Å²) in [5.41, 5.74) is 2.20. The molecule has 0 aliphatic carbocycles. The lowest BCUT2D eigenvalue weighted by molar-refractivity contribution is -0.128. The maximum absolute atomic E-state index is 12.5. The number of para-hydroxylation sites is 1. The molecule has 1 saturated heterocycles. The second-order valence-electron chi connectivity index (χ2n) is 7.40. The van der Waals surface area contributed by atoms with Crippen molar-refractivity contribution in [1.82, 2.24) is 15.1 Å². The summed E-state index contributed by atoms with van der Waals surface area (Å²) in [6, 6.07) is 17.7. The topological polar surface area (TPSA) is 61.9 Å². The van der Waals surface area contributed by atoms with E-state index in [1.165, 1.54) is 0 Å². The van der Waals surface area contributed by atoms with Crippen LogP contribution in [0.5, 0.6) is 5.75 Å². The first-order valence-corrected chi connectivity index (χ1v) is 9.71. The largest absolute Gasteiger partial charge is 0.492 e.